The molecule has 6 heteroatoms. The molecule has 1 aliphatic heterocycles. The topological polar surface area (TPSA) is 58.9 Å². The van der Waals surface area contributed by atoms with E-state index in [2.05, 4.69) is 15.2 Å². The molecule has 0 amide bonds. The number of pyridine rings is 1. The molecule has 3 heterocycles. The van der Waals surface area contributed by atoms with Crippen LogP contribution in [0.3, 0.4) is 0 Å². The van der Waals surface area contributed by atoms with Crippen LogP contribution in [0.25, 0.3) is 16.9 Å². The number of hydrogen-bond acceptors (Lipinski definition) is 5. The molecule has 4 rings (SSSR count). The van der Waals surface area contributed by atoms with Gasteiger partial charge in [-0.25, -0.2) is 4.98 Å². The fraction of sp³-hybridized carbons (Fsp3) is 0.300. The molecule has 0 bridgehead atoms. The van der Waals surface area contributed by atoms with Crippen LogP contribution in [-0.4, -0.2) is 42.7 Å². The molecule has 0 aliphatic carbocycles. The first-order chi connectivity index (χ1) is 12.7. The lowest BCUT2D eigenvalue weighted by Gasteiger charge is -2.22. The number of benzene rings is 1. The lowest BCUT2D eigenvalue weighted by molar-refractivity contribution is 0.415. The van der Waals surface area contributed by atoms with E-state index in [1.165, 1.54) is 0 Å². The minimum absolute atomic E-state index is 0.0809. The first-order valence-electron chi connectivity index (χ1n) is 8.88. The van der Waals surface area contributed by atoms with Gasteiger partial charge in [-0.15, -0.1) is 0 Å². The Kier molecular flexibility index (Phi) is 4.58. The summed E-state index contributed by atoms with van der Waals surface area (Å²) in [6.07, 6.45) is 2.99. The van der Waals surface area contributed by atoms with Gasteiger partial charge in [0.2, 0.25) is 0 Å². The summed E-state index contributed by atoms with van der Waals surface area (Å²) in [6.45, 7) is 3.92. The van der Waals surface area contributed by atoms with E-state index in [9.17, 15) is 4.79 Å². The molecular formula is C20H22N4O2. The maximum atomic E-state index is 12.7. The van der Waals surface area contributed by atoms with E-state index in [0.29, 0.717) is 11.3 Å². The lowest BCUT2D eigenvalue weighted by atomic mass is 10.1. The summed E-state index contributed by atoms with van der Waals surface area (Å²) in [6, 6.07) is 13.1. The highest BCUT2D eigenvalue weighted by Crippen LogP contribution is 2.22. The molecule has 0 unspecified atom stereocenters. The van der Waals surface area contributed by atoms with Crippen LogP contribution in [0.4, 0.5) is 5.69 Å². The van der Waals surface area contributed by atoms with Gasteiger partial charge in [0.1, 0.15) is 11.4 Å². The summed E-state index contributed by atoms with van der Waals surface area (Å²) in [5.74, 6) is 0.745. The number of ether oxygens (including phenoxy) is 1. The molecule has 6 nitrogen and oxygen atoms in total. The van der Waals surface area contributed by atoms with Gasteiger partial charge in [0, 0.05) is 37.5 Å². The molecule has 0 saturated carbocycles. The fourth-order valence-electron chi connectivity index (χ4n) is 3.31. The third kappa shape index (κ3) is 3.28. The van der Waals surface area contributed by atoms with E-state index in [-0.39, 0.29) is 5.56 Å². The summed E-state index contributed by atoms with van der Waals surface area (Å²) in [5.41, 5.74) is 3.14. The van der Waals surface area contributed by atoms with E-state index in [1.54, 1.807) is 17.6 Å². The van der Waals surface area contributed by atoms with Crippen molar-refractivity contribution in [3.63, 3.8) is 0 Å². The van der Waals surface area contributed by atoms with E-state index < -0.39 is 0 Å². The summed E-state index contributed by atoms with van der Waals surface area (Å²) in [4.78, 5) is 19.7. The smallest absolute Gasteiger partial charge is 0.258 e. The van der Waals surface area contributed by atoms with Crippen LogP contribution >= 0.6 is 0 Å². The van der Waals surface area contributed by atoms with E-state index in [4.69, 9.17) is 4.74 Å². The maximum absolute atomic E-state index is 12.7. The Bertz CT molecular complexity index is 975. The summed E-state index contributed by atoms with van der Waals surface area (Å²) in [7, 11) is 1.63. The second kappa shape index (κ2) is 7.17. The molecule has 1 N–H and O–H groups in total. The van der Waals surface area contributed by atoms with Crippen molar-refractivity contribution in [3.8, 4) is 17.0 Å². The van der Waals surface area contributed by atoms with Gasteiger partial charge in [0.25, 0.3) is 5.56 Å². The molecule has 0 atom stereocenters. The zero-order valence-corrected chi connectivity index (χ0v) is 14.8. The zero-order chi connectivity index (χ0) is 17.9. The largest absolute Gasteiger partial charge is 0.497 e. The maximum Gasteiger partial charge on any atom is 0.258 e. The molecule has 1 saturated heterocycles. The van der Waals surface area contributed by atoms with Gasteiger partial charge >= 0.3 is 0 Å². The Morgan fingerprint density at radius 3 is 2.92 bits per heavy atom. The second-order valence-corrected chi connectivity index (χ2v) is 6.42. The normalized spacial score (nSPS) is 15.0. The number of aromatic nitrogens is 2. The molecule has 1 aromatic carbocycles. The van der Waals surface area contributed by atoms with Crippen molar-refractivity contribution in [2.75, 3.05) is 38.2 Å². The highest BCUT2D eigenvalue weighted by atomic mass is 16.5. The molecule has 3 aromatic rings. The first-order valence-corrected chi connectivity index (χ1v) is 8.88. The average molecular weight is 350 g/mol. The second-order valence-electron chi connectivity index (χ2n) is 6.42. The molecule has 0 spiro atoms. The van der Waals surface area contributed by atoms with Gasteiger partial charge in [-0.3, -0.25) is 9.20 Å². The monoisotopic (exact) mass is 350 g/mol. The van der Waals surface area contributed by atoms with Crippen molar-refractivity contribution in [1.82, 2.24) is 14.7 Å². The van der Waals surface area contributed by atoms with Crippen LogP contribution in [0, 0.1) is 0 Å². The number of methoxy groups -OCH3 is 1. The fourth-order valence-corrected chi connectivity index (χ4v) is 3.31. The number of rotatable bonds is 3. The van der Waals surface area contributed by atoms with Gasteiger partial charge < -0.3 is 15.0 Å². The van der Waals surface area contributed by atoms with Crippen LogP contribution in [0.2, 0.25) is 0 Å². The molecule has 134 valence electrons. The van der Waals surface area contributed by atoms with Gasteiger partial charge in [0.15, 0.2) is 0 Å². The molecule has 0 radical (unpaired) electrons. The molecule has 1 aliphatic rings. The minimum Gasteiger partial charge on any atom is -0.497 e. The highest BCUT2D eigenvalue weighted by molar-refractivity contribution is 5.64. The Hall–Kier alpha value is -2.86. The minimum atomic E-state index is -0.0809. The van der Waals surface area contributed by atoms with Gasteiger partial charge in [-0.1, -0.05) is 12.1 Å². The van der Waals surface area contributed by atoms with Crippen molar-refractivity contribution in [3.05, 3.63) is 59.0 Å². The highest BCUT2D eigenvalue weighted by Gasteiger charge is 2.12. The summed E-state index contributed by atoms with van der Waals surface area (Å²) in [5, 5.41) is 3.40. The Morgan fingerprint density at radius 1 is 1.12 bits per heavy atom. The van der Waals surface area contributed by atoms with Crippen LogP contribution in [0.15, 0.2) is 53.5 Å². The predicted octanol–water partition coefficient (Wildman–Crippen LogP) is 2.17. The zero-order valence-electron chi connectivity index (χ0n) is 14.8. The number of fused-ring (bicyclic) bond motifs is 1. The first kappa shape index (κ1) is 16.6. The van der Waals surface area contributed by atoms with Gasteiger partial charge in [0.05, 0.1) is 18.5 Å². The summed E-state index contributed by atoms with van der Waals surface area (Å²) < 4.78 is 6.89. The number of nitrogens with one attached hydrogen (secondary N) is 1. The van der Waals surface area contributed by atoms with Crippen molar-refractivity contribution >= 4 is 11.3 Å². The SMILES string of the molecule is COc1cccc(-c2cc(=O)n3cc(N4CCCNCC4)ccc3n2)c1. The molecule has 26 heavy (non-hydrogen) atoms. The Labute approximate surface area is 152 Å². The average Bonchev–Trinajstić information content (AvgIpc) is 2.97. The Morgan fingerprint density at radius 2 is 2.04 bits per heavy atom. The van der Waals surface area contributed by atoms with Gasteiger partial charge in [-0.2, -0.15) is 0 Å². The lowest BCUT2D eigenvalue weighted by Crippen LogP contribution is -2.28. The standard InChI is InChI=1S/C20H22N4O2/c1-26-17-5-2-4-15(12-17)18-13-20(25)24-14-16(6-7-19(24)22-18)23-10-3-8-21-9-11-23/h2,4-7,12-14,21H,3,8-11H2,1H3. The van der Waals surface area contributed by atoms with Crippen molar-refractivity contribution in [2.45, 2.75) is 6.42 Å². The van der Waals surface area contributed by atoms with Crippen LogP contribution in [0.5, 0.6) is 5.75 Å². The Balaban J connectivity index is 1.74. The van der Waals surface area contributed by atoms with Crippen molar-refractivity contribution in [1.29, 1.82) is 0 Å². The van der Waals surface area contributed by atoms with Crippen molar-refractivity contribution < 1.29 is 4.74 Å². The predicted molar refractivity (Wildman–Crippen MR) is 103 cm³/mol. The quantitative estimate of drug-likeness (QED) is 0.785. The number of nitrogens with zero attached hydrogens (tertiary/aromatic N) is 3. The van der Waals surface area contributed by atoms with E-state index >= 15 is 0 Å². The number of anilines is 1. The molecular weight excluding hydrogens is 328 g/mol. The van der Waals surface area contributed by atoms with Crippen LogP contribution < -0.4 is 20.5 Å². The number of hydrogen-bond donors (Lipinski definition) is 1. The van der Waals surface area contributed by atoms with Crippen LogP contribution in [-0.2, 0) is 0 Å². The van der Waals surface area contributed by atoms with E-state index in [0.717, 1.165) is 49.6 Å². The van der Waals surface area contributed by atoms with Crippen molar-refractivity contribution in [2.24, 2.45) is 0 Å². The summed E-state index contributed by atoms with van der Waals surface area (Å²) >= 11 is 0. The van der Waals surface area contributed by atoms with Crippen LogP contribution in [0.1, 0.15) is 6.42 Å². The third-order valence-electron chi connectivity index (χ3n) is 4.71. The van der Waals surface area contributed by atoms with E-state index in [1.807, 2.05) is 42.6 Å². The molecule has 2 aromatic heterocycles. The third-order valence-corrected chi connectivity index (χ3v) is 4.71. The van der Waals surface area contributed by atoms with Gasteiger partial charge in [-0.05, 0) is 37.2 Å². The molecule has 1 fully saturated rings.